The molecule has 0 aliphatic carbocycles. The summed E-state index contributed by atoms with van der Waals surface area (Å²) >= 11 is 3.29. The van der Waals surface area contributed by atoms with Gasteiger partial charge in [-0.1, -0.05) is 22.0 Å². The number of nitrogen functional groups attached to an aromatic ring is 1. The van der Waals surface area contributed by atoms with Gasteiger partial charge in [0.15, 0.2) is 0 Å². The number of rotatable bonds is 2. The molecule has 2 aromatic rings. The van der Waals surface area contributed by atoms with E-state index in [1.165, 1.54) is 17.3 Å². The van der Waals surface area contributed by atoms with E-state index in [0.29, 0.717) is 6.54 Å². The second kappa shape index (κ2) is 5.44. The number of fused-ring (bicyclic) bond motifs is 1. The molecule has 2 N–H and O–H groups in total. The number of benzene rings is 2. The number of aryl methyl sites for hydroxylation is 1. The van der Waals surface area contributed by atoms with Gasteiger partial charge in [-0.3, -0.25) is 0 Å². The first-order chi connectivity index (χ1) is 9.63. The van der Waals surface area contributed by atoms with Crippen molar-refractivity contribution in [1.29, 1.82) is 0 Å². The van der Waals surface area contributed by atoms with Crippen LogP contribution in [0.25, 0.3) is 0 Å². The fourth-order valence-electron chi connectivity index (χ4n) is 2.71. The van der Waals surface area contributed by atoms with Gasteiger partial charge in [0.05, 0.1) is 0 Å². The summed E-state index contributed by atoms with van der Waals surface area (Å²) in [4.78, 5) is 2.23. The Balaban J connectivity index is 1.89. The molecular weight excluding hydrogens is 319 g/mol. The highest BCUT2D eigenvalue weighted by Crippen LogP contribution is 2.30. The minimum absolute atomic E-state index is 0.165. The van der Waals surface area contributed by atoms with Gasteiger partial charge in [0.1, 0.15) is 5.82 Å². The molecule has 0 spiro atoms. The number of hydrogen-bond acceptors (Lipinski definition) is 2. The smallest absolute Gasteiger partial charge is 0.129 e. The second-order valence-corrected chi connectivity index (χ2v) is 6.06. The van der Waals surface area contributed by atoms with E-state index in [-0.39, 0.29) is 5.82 Å². The Morgan fingerprint density at radius 1 is 1.20 bits per heavy atom. The Morgan fingerprint density at radius 2 is 2.05 bits per heavy atom. The quantitative estimate of drug-likeness (QED) is 0.837. The van der Waals surface area contributed by atoms with Crippen LogP contribution in [0, 0.1) is 5.82 Å². The lowest BCUT2D eigenvalue weighted by atomic mass is 10.0. The molecule has 0 aromatic heterocycles. The molecule has 0 bridgehead atoms. The molecule has 20 heavy (non-hydrogen) atoms. The summed E-state index contributed by atoms with van der Waals surface area (Å²) in [6, 6.07) is 11.2. The number of nitrogens with two attached hydrogens (primary N) is 1. The van der Waals surface area contributed by atoms with Crippen LogP contribution in [-0.4, -0.2) is 6.54 Å². The molecule has 0 unspecified atom stereocenters. The lowest BCUT2D eigenvalue weighted by Gasteiger charge is -2.31. The molecule has 0 saturated carbocycles. The fraction of sp³-hybridized carbons (Fsp3) is 0.250. The van der Waals surface area contributed by atoms with E-state index in [1.807, 2.05) is 30.3 Å². The SMILES string of the molecule is Nc1ccc2c(c1)CCCN2Cc1ccc(Br)cc1F. The first kappa shape index (κ1) is 13.4. The molecule has 3 rings (SSSR count). The highest BCUT2D eigenvalue weighted by molar-refractivity contribution is 9.10. The first-order valence-electron chi connectivity index (χ1n) is 6.71. The molecule has 1 aliphatic heterocycles. The number of anilines is 2. The summed E-state index contributed by atoms with van der Waals surface area (Å²) in [6.07, 6.45) is 2.12. The average molecular weight is 335 g/mol. The number of nitrogens with zero attached hydrogens (tertiary/aromatic N) is 1. The van der Waals surface area contributed by atoms with Crippen LogP contribution in [0.5, 0.6) is 0 Å². The molecule has 1 aliphatic rings. The first-order valence-corrected chi connectivity index (χ1v) is 7.50. The van der Waals surface area contributed by atoms with Crippen molar-refractivity contribution in [1.82, 2.24) is 0 Å². The Kier molecular flexibility index (Phi) is 3.66. The molecule has 2 nitrogen and oxygen atoms in total. The summed E-state index contributed by atoms with van der Waals surface area (Å²) in [5.74, 6) is -0.165. The van der Waals surface area contributed by atoms with Gasteiger partial charge < -0.3 is 10.6 Å². The van der Waals surface area contributed by atoms with Crippen LogP contribution in [0.3, 0.4) is 0 Å². The van der Waals surface area contributed by atoms with Gasteiger partial charge in [-0.2, -0.15) is 0 Å². The maximum atomic E-state index is 14.0. The van der Waals surface area contributed by atoms with Gasteiger partial charge in [0.2, 0.25) is 0 Å². The van der Waals surface area contributed by atoms with Crippen molar-refractivity contribution in [2.24, 2.45) is 0 Å². The normalized spacial score (nSPS) is 14.2. The van der Waals surface area contributed by atoms with E-state index in [9.17, 15) is 4.39 Å². The van der Waals surface area contributed by atoms with Gasteiger partial charge in [-0.15, -0.1) is 0 Å². The molecular formula is C16H16BrFN2. The van der Waals surface area contributed by atoms with Crippen LogP contribution in [0.2, 0.25) is 0 Å². The largest absolute Gasteiger partial charge is 0.399 e. The molecule has 0 amide bonds. The lowest BCUT2D eigenvalue weighted by Crippen LogP contribution is -2.29. The van der Waals surface area contributed by atoms with Crippen LogP contribution < -0.4 is 10.6 Å². The molecule has 0 atom stereocenters. The van der Waals surface area contributed by atoms with Crippen LogP contribution in [0.15, 0.2) is 40.9 Å². The Hall–Kier alpha value is -1.55. The van der Waals surface area contributed by atoms with Crippen molar-refractivity contribution in [2.45, 2.75) is 19.4 Å². The Morgan fingerprint density at radius 3 is 2.85 bits per heavy atom. The molecule has 4 heteroatoms. The summed E-state index contributed by atoms with van der Waals surface area (Å²) in [7, 11) is 0. The van der Waals surface area contributed by atoms with E-state index in [0.717, 1.165) is 35.1 Å². The minimum atomic E-state index is -0.165. The van der Waals surface area contributed by atoms with Crippen molar-refractivity contribution in [3.63, 3.8) is 0 Å². The average Bonchev–Trinajstić information content (AvgIpc) is 2.41. The zero-order valence-corrected chi connectivity index (χ0v) is 12.7. The van der Waals surface area contributed by atoms with Crippen molar-refractivity contribution in [3.05, 3.63) is 57.8 Å². The molecule has 1 heterocycles. The lowest BCUT2D eigenvalue weighted by molar-refractivity contribution is 0.597. The highest BCUT2D eigenvalue weighted by Gasteiger charge is 2.18. The molecule has 0 radical (unpaired) electrons. The fourth-order valence-corrected chi connectivity index (χ4v) is 3.05. The van der Waals surface area contributed by atoms with Gasteiger partial charge in [0, 0.05) is 34.5 Å². The van der Waals surface area contributed by atoms with Crippen LogP contribution in [0.1, 0.15) is 17.5 Å². The molecule has 104 valence electrons. The zero-order chi connectivity index (χ0) is 14.1. The number of halogens is 2. The maximum Gasteiger partial charge on any atom is 0.129 e. The zero-order valence-electron chi connectivity index (χ0n) is 11.1. The third-order valence-corrected chi connectivity index (χ3v) is 4.19. The van der Waals surface area contributed by atoms with Gasteiger partial charge in [0.25, 0.3) is 0 Å². The Bertz CT molecular complexity index is 642. The van der Waals surface area contributed by atoms with Crippen molar-refractivity contribution >= 4 is 27.3 Å². The van der Waals surface area contributed by atoms with E-state index in [1.54, 1.807) is 0 Å². The van der Waals surface area contributed by atoms with E-state index in [4.69, 9.17) is 5.73 Å². The standard InChI is InChI=1S/C16H16BrFN2/c17-13-4-3-12(15(18)9-13)10-20-7-1-2-11-8-14(19)5-6-16(11)20/h3-6,8-9H,1-2,7,10,19H2. The third-order valence-electron chi connectivity index (χ3n) is 3.69. The predicted molar refractivity (Wildman–Crippen MR) is 84.3 cm³/mol. The Labute approximate surface area is 126 Å². The predicted octanol–water partition coefficient (Wildman–Crippen LogP) is 4.12. The maximum absolute atomic E-state index is 14.0. The molecule has 2 aromatic carbocycles. The van der Waals surface area contributed by atoms with Crippen molar-refractivity contribution in [3.8, 4) is 0 Å². The van der Waals surface area contributed by atoms with Crippen molar-refractivity contribution in [2.75, 3.05) is 17.2 Å². The minimum Gasteiger partial charge on any atom is -0.399 e. The van der Waals surface area contributed by atoms with Crippen LogP contribution in [0.4, 0.5) is 15.8 Å². The summed E-state index contributed by atoms with van der Waals surface area (Å²) in [5, 5.41) is 0. The van der Waals surface area contributed by atoms with Gasteiger partial charge in [-0.05, 0) is 48.7 Å². The monoisotopic (exact) mass is 334 g/mol. The van der Waals surface area contributed by atoms with E-state index >= 15 is 0 Å². The van der Waals surface area contributed by atoms with E-state index < -0.39 is 0 Å². The van der Waals surface area contributed by atoms with Crippen LogP contribution in [-0.2, 0) is 13.0 Å². The molecule has 0 fully saturated rings. The van der Waals surface area contributed by atoms with Gasteiger partial charge >= 0.3 is 0 Å². The third kappa shape index (κ3) is 2.66. The topological polar surface area (TPSA) is 29.3 Å². The highest BCUT2D eigenvalue weighted by atomic mass is 79.9. The summed E-state index contributed by atoms with van der Waals surface area (Å²) < 4.78 is 14.7. The van der Waals surface area contributed by atoms with Crippen molar-refractivity contribution < 1.29 is 4.39 Å². The summed E-state index contributed by atoms with van der Waals surface area (Å²) in [5.41, 5.74) is 9.78. The van der Waals surface area contributed by atoms with Gasteiger partial charge in [-0.25, -0.2) is 4.39 Å². The molecule has 0 saturated heterocycles. The number of hydrogen-bond donors (Lipinski definition) is 1. The van der Waals surface area contributed by atoms with Crippen LogP contribution >= 0.6 is 15.9 Å². The summed E-state index contributed by atoms with van der Waals surface area (Å²) in [6.45, 7) is 1.54. The van der Waals surface area contributed by atoms with E-state index in [2.05, 4.69) is 20.8 Å². The second-order valence-electron chi connectivity index (χ2n) is 5.15.